The molecule has 0 bridgehead atoms. The minimum absolute atomic E-state index is 0.232. The average molecular weight is 232 g/mol. The number of hydrogen-bond acceptors (Lipinski definition) is 4. The first-order valence-corrected chi connectivity index (χ1v) is 5.46. The molecule has 0 aromatic carbocycles. The van der Waals surface area contributed by atoms with Gasteiger partial charge in [0.05, 0.1) is 24.4 Å². The number of rotatable bonds is 2. The highest BCUT2D eigenvalue weighted by Crippen LogP contribution is 2.23. The first-order valence-electron chi connectivity index (χ1n) is 5.46. The van der Waals surface area contributed by atoms with Gasteiger partial charge in [0.2, 0.25) is 0 Å². The molecule has 3 rings (SSSR count). The van der Waals surface area contributed by atoms with Gasteiger partial charge >= 0.3 is 0 Å². The van der Waals surface area contributed by atoms with Crippen molar-refractivity contribution in [2.75, 3.05) is 13.2 Å². The predicted octanol–water partition coefficient (Wildman–Crippen LogP) is 0.492. The van der Waals surface area contributed by atoms with Gasteiger partial charge < -0.3 is 10.5 Å². The van der Waals surface area contributed by atoms with Crippen LogP contribution < -0.4 is 5.73 Å². The van der Waals surface area contributed by atoms with Gasteiger partial charge in [0.1, 0.15) is 5.69 Å². The van der Waals surface area contributed by atoms with Crippen LogP contribution >= 0.6 is 0 Å². The quantitative estimate of drug-likeness (QED) is 0.816. The lowest BCUT2D eigenvalue weighted by Gasteiger charge is -2.09. The predicted molar refractivity (Wildman–Crippen MR) is 60.5 cm³/mol. The topological polar surface area (TPSA) is 83.0 Å². The van der Waals surface area contributed by atoms with Crippen molar-refractivity contribution < 1.29 is 9.53 Å². The maximum atomic E-state index is 11.1. The Labute approximate surface area is 97.4 Å². The first kappa shape index (κ1) is 10.2. The molecule has 1 fully saturated rings. The molecule has 2 aromatic heterocycles. The lowest BCUT2D eigenvalue weighted by Crippen LogP contribution is -2.14. The molecule has 1 atom stereocenters. The van der Waals surface area contributed by atoms with E-state index in [1.54, 1.807) is 18.5 Å². The third kappa shape index (κ3) is 1.66. The van der Waals surface area contributed by atoms with Gasteiger partial charge in [-0.3, -0.25) is 14.5 Å². The number of ether oxygens (including phenoxy) is 1. The minimum atomic E-state index is -0.526. The van der Waals surface area contributed by atoms with Gasteiger partial charge in [-0.15, -0.1) is 0 Å². The van der Waals surface area contributed by atoms with Crippen LogP contribution in [0.15, 0.2) is 18.5 Å². The molecule has 88 valence electrons. The summed E-state index contributed by atoms with van der Waals surface area (Å²) in [7, 11) is 0. The Morgan fingerprint density at radius 1 is 1.53 bits per heavy atom. The maximum Gasteiger partial charge on any atom is 0.267 e. The maximum absolute atomic E-state index is 11.1. The number of amides is 1. The summed E-state index contributed by atoms with van der Waals surface area (Å²) < 4.78 is 7.22. The first-order chi connectivity index (χ1) is 8.25. The van der Waals surface area contributed by atoms with E-state index in [2.05, 4.69) is 10.1 Å². The number of aromatic nitrogens is 3. The summed E-state index contributed by atoms with van der Waals surface area (Å²) in [6.07, 6.45) is 4.30. The fourth-order valence-corrected chi connectivity index (χ4v) is 2.08. The Balaban J connectivity index is 2.11. The number of primary amides is 1. The molecule has 17 heavy (non-hydrogen) atoms. The van der Waals surface area contributed by atoms with Crippen LogP contribution in [0.1, 0.15) is 23.0 Å². The zero-order chi connectivity index (χ0) is 11.8. The molecule has 0 unspecified atom stereocenters. The van der Waals surface area contributed by atoms with Gasteiger partial charge in [0.15, 0.2) is 0 Å². The van der Waals surface area contributed by atoms with E-state index >= 15 is 0 Å². The van der Waals surface area contributed by atoms with Crippen LogP contribution in [0.3, 0.4) is 0 Å². The van der Waals surface area contributed by atoms with E-state index < -0.39 is 5.91 Å². The summed E-state index contributed by atoms with van der Waals surface area (Å²) in [5.41, 5.74) is 6.36. The van der Waals surface area contributed by atoms with E-state index in [1.165, 1.54) is 0 Å². The highest BCUT2D eigenvalue weighted by atomic mass is 16.5. The number of nitrogens with zero attached hydrogens (tertiary/aromatic N) is 3. The largest absolute Gasteiger partial charge is 0.379 e. The average Bonchev–Trinajstić information content (AvgIpc) is 2.96. The molecule has 1 amide bonds. The smallest absolute Gasteiger partial charge is 0.267 e. The fourth-order valence-electron chi connectivity index (χ4n) is 2.08. The van der Waals surface area contributed by atoms with E-state index in [1.807, 2.05) is 4.68 Å². The van der Waals surface area contributed by atoms with E-state index in [-0.39, 0.29) is 11.7 Å². The highest BCUT2D eigenvalue weighted by molar-refractivity contribution is 5.94. The molecule has 0 aliphatic carbocycles. The number of carbonyl (C=O) groups excluding carboxylic acids is 1. The van der Waals surface area contributed by atoms with Crippen LogP contribution in [0.5, 0.6) is 0 Å². The van der Waals surface area contributed by atoms with E-state index in [9.17, 15) is 4.79 Å². The third-order valence-electron chi connectivity index (χ3n) is 2.98. The lowest BCUT2D eigenvalue weighted by atomic mass is 10.2. The molecule has 1 saturated heterocycles. The molecule has 2 N–H and O–H groups in total. The molecule has 0 saturated carbocycles. The van der Waals surface area contributed by atoms with Crippen LogP contribution in [-0.4, -0.2) is 33.9 Å². The van der Waals surface area contributed by atoms with Crippen LogP contribution in [0.2, 0.25) is 0 Å². The van der Waals surface area contributed by atoms with Gasteiger partial charge in [-0.1, -0.05) is 0 Å². The molecular formula is C11H12N4O2. The Morgan fingerprint density at radius 3 is 3.12 bits per heavy atom. The Bertz CT molecular complexity index is 572. The number of fused-ring (bicyclic) bond motifs is 1. The van der Waals surface area contributed by atoms with E-state index in [0.29, 0.717) is 6.61 Å². The number of hydrogen-bond donors (Lipinski definition) is 1. The van der Waals surface area contributed by atoms with Gasteiger partial charge in [-0.2, -0.15) is 5.10 Å². The van der Waals surface area contributed by atoms with Crippen molar-refractivity contribution in [1.29, 1.82) is 0 Å². The summed E-state index contributed by atoms with van der Waals surface area (Å²) >= 11 is 0. The highest BCUT2D eigenvalue weighted by Gasteiger charge is 2.20. The summed E-state index contributed by atoms with van der Waals surface area (Å²) in [5, 5.41) is 5.23. The number of carbonyl (C=O) groups is 1. The second kappa shape index (κ2) is 3.81. The molecule has 0 radical (unpaired) electrons. The van der Waals surface area contributed by atoms with E-state index in [4.69, 9.17) is 10.5 Å². The van der Waals surface area contributed by atoms with Crippen molar-refractivity contribution in [2.45, 2.75) is 12.5 Å². The molecule has 6 heteroatoms. The van der Waals surface area contributed by atoms with Gasteiger partial charge in [-0.05, 0) is 12.5 Å². The van der Waals surface area contributed by atoms with Gasteiger partial charge in [0.25, 0.3) is 5.91 Å². The Kier molecular flexibility index (Phi) is 2.29. The standard InChI is InChI=1S/C11H12N4O2/c12-11(16)9-3-10-7(4-13-9)5-14-15(10)8-1-2-17-6-8/h3-5,8H,1-2,6H2,(H2,12,16)/t8-/m1/s1. The summed E-state index contributed by atoms with van der Waals surface area (Å²) in [6, 6.07) is 1.92. The normalized spacial score (nSPS) is 19.9. The van der Waals surface area contributed by atoms with Crippen LogP contribution in [0.25, 0.3) is 10.9 Å². The summed E-state index contributed by atoms with van der Waals surface area (Å²) in [6.45, 7) is 1.41. The molecule has 3 heterocycles. The van der Waals surface area contributed by atoms with Gasteiger partial charge in [-0.25, -0.2) is 0 Å². The van der Waals surface area contributed by atoms with Crippen molar-refractivity contribution in [2.24, 2.45) is 5.73 Å². The lowest BCUT2D eigenvalue weighted by molar-refractivity contribution is 0.0995. The van der Waals surface area contributed by atoms with Crippen molar-refractivity contribution in [3.05, 3.63) is 24.2 Å². The summed E-state index contributed by atoms with van der Waals surface area (Å²) in [5.74, 6) is -0.526. The molecule has 2 aromatic rings. The SMILES string of the molecule is NC(=O)c1cc2c(cn1)cnn2[C@@H]1CCOC1. The van der Waals surface area contributed by atoms with Crippen LogP contribution in [-0.2, 0) is 4.74 Å². The third-order valence-corrected chi connectivity index (χ3v) is 2.98. The molecule has 1 aliphatic rings. The van der Waals surface area contributed by atoms with Crippen molar-refractivity contribution in [3.8, 4) is 0 Å². The Morgan fingerprint density at radius 2 is 2.41 bits per heavy atom. The Hall–Kier alpha value is -1.95. The summed E-state index contributed by atoms with van der Waals surface area (Å²) in [4.78, 5) is 15.1. The zero-order valence-electron chi connectivity index (χ0n) is 9.17. The van der Waals surface area contributed by atoms with Crippen LogP contribution in [0.4, 0.5) is 0 Å². The van der Waals surface area contributed by atoms with Gasteiger partial charge in [0, 0.05) is 18.2 Å². The molecular weight excluding hydrogens is 220 g/mol. The molecule has 1 aliphatic heterocycles. The van der Waals surface area contributed by atoms with Crippen molar-refractivity contribution in [1.82, 2.24) is 14.8 Å². The molecule has 0 spiro atoms. The van der Waals surface area contributed by atoms with Crippen LogP contribution in [0, 0.1) is 0 Å². The zero-order valence-corrected chi connectivity index (χ0v) is 9.17. The second-order valence-electron chi connectivity index (χ2n) is 4.10. The number of pyridine rings is 1. The molecule has 6 nitrogen and oxygen atoms in total. The van der Waals surface area contributed by atoms with E-state index in [0.717, 1.165) is 23.9 Å². The fraction of sp³-hybridized carbons (Fsp3) is 0.364. The van der Waals surface area contributed by atoms with Crippen molar-refractivity contribution >= 4 is 16.8 Å². The number of nitrogens with two attached hydrogens (primary N) is 1. The second-order valence-corrected chi connectivity index (χ2v) is 4.10. The van der Waals surface area contributed by atoms with Crippen molar-refractivity contribution in [3.63, 3.8) is 0 Å². The monoisotopic (exact) mass is 232 g/mol. The minimum Gasteiger partial charge on any atom is -0.379 e.